The first-order valence-electron chi connectivity index (χ1n) is 5.47. The van der Waals surface area contributed by atoms with Gasteiger partial charge in [-0.2, -0.15) is 0 Å². The maximum absolute atomic E-state index is 11.3. The maximum atomic E-state index is 11.3. The number of ether oxygens (including phenoxy) is 2. The third-order valence-electron chi connectivity index (χ3n) is 2.34. The summed E-state index contributed by atoms with van der Waals surface area (Å²) in [6, 6.07) is 7.32. The number of halogens is 1. The Labute approximate surface area is 115 Å². The van der Waals surface area contributed by atoms with Crippen LogP contribution in [0.5, 0.6) is 5.88 Å². The summed E-state index contributed by atoms with van der Waals surface area (Å²) in [6.07, 6.45) is 2.73. The van der Waals surface area contributed by atoms with Crippen LogP contribution in [0.3, 0.4) is 0 Å². The van der Waals surface area contributed by atoms with Gasteiger partial charge in [-0.05, 0) is 6.07 Å². The molecular formula is C13H11ClN2O3. The van der Waals surface area contributed by atoms with E-state index in [1.807, 2.05) is 18.2 Å². The highest BCUT2D eigenvalue weighted by atomic mass is 35.5. The summed E-state index contributed by atoms with van der Waals surface area (Å²) < 4.78 is 10.00. The van der Waals surface area contributed by atoms with Crippen molar-refractivity contribution in [3.8, 4) is 5.88 Å². The molecule has 1 heterocycles. The molecule has 0 radical (unpaired) electrons. The van der Waals surface area contributed by atoms with Gasteiger partial charge in [-0.25, -0.2) is 9.78 Å². The van der Waals surface area contributed by atoms with Crippen LogP contribution in [0.1, 0.15) is 16.1 Å². The van der Waals surface area contributed by atoms with Gasteiger partial charge < -0.3 is 9.47 Å². The highest BCUT2D eigenvalue weighted by Gasteiger charge is 2.09. The summed E-state index contributed by atoms with van der Waals surface area (Å²) in [7, 11) is 1.28. The zero-order valence-electron chi connectivity index (χ0n) is 10.2. The van der Waals surface area contributed by atoms with Crippen molar-refractivity contribution in [2.45, 2.75) is 6.61 Å². The minimum absolute atomic E-state index is 0.0964. The van der Waals surface area contributed by atoms with Crippen LogP contribution >= 0.6 is 11.6 Å². The third-order valence-corrected chi connectivity index (χ3v) is 2.71. The second-order valence-electron chi connectivity index (χ2n) is 3.61. The molecule has 2 rings (SSSR count). The van der Waals surface area contributed by atoms with E-state index in [2.05, 4.69) is 14.7 Å². The fraction of sp³-hybridized carbons (Fsp3) is 0.154. The Morgan fingerprint density at radius 1 is 1.32 bits per heavy atom. The number of hydrogen-bond acceptors (Lipinski definition) is 5. The van der Waals surface area contributed by atoms with Crippen molar-refractivity contribution in [3.05, 3.63) is 52.9 Å². The summed E-state index contributed by atoms with van der Waals surface area (Å²) >= 11 is 6.00. The Hall–Kier alpha value is -2.14. The van der Waals surface area contributed by atoms with Gasteiger partial charge in [-0.15, -0.1) is 0 Å². The van der Waals surface area contributed by atoms with Gasteiger partial charge in [-0.3, -0.25) is 4.98 Å². The van der Waals surface area contributed by atoms with E-state index in [4.69, 9.17) is 16.3 Å². The average molecular weight is 279 g/mol. The van der Waals surface area contributed by atoms with Crippen molar-refractivity contribution in [2.24, 2.45) is 0 Å². The molecule has 0 fully saturated rings. The minimum Gasteiger partial charge on any atom is -0.472 e. The van der Waals surface area contributed by atoms with E-state index < -0.39 is 5.97 Å². The van der Waals surface area contributed by atoms with Crippen LogP contribution in [-0.2, 0) is 11.3 Å². The number of esters is 1. The SMILES string of the molecule is COC(=O)c1cncc(OCc2ccccc2Cl)n1. The lowest BCUT2D eigenvalue weighted by molar-refractivity contribution is 0.0592. The molecule has 0 amide bonds. The Balaban J connectivity index is 2.08. The molecule has 0 atom stereocenters. The van der Waals surface area contributed by atoms with E-state index in [0.717, 1.165) is 5.56 Å². The lowest BCUT2D eigenvalue weighted by Crippen LogP contribution is -2.07. The van der Waals surface area contributed by atoms with E-state index in [-0.39, 0.29) is 18.2 Å². The molecule has 0 unspecified atom stereocenters. The quantitative estimate of drug-likeness (QED) is 0.804. The van der Waals surface area contributed by atoms with Gasteiger partial charge >= 0.3 is 5.97 Å². The summed E-state index contributed by atoms with van der Waals surface area (Å²) in [5, 5.41) is 0.611. The van der Waals surface area contributed by atoms with Gasteiger partial charge in [0.05, 0.1) is 19.5 Å². The molecule has 5 nitrogen and oxygen atoms in total. The molecule has 1 aromatic heterocycles. The van der Waals surface area contributed by atoms with Gasteiger partial charge in [-0.1, -0.05) is 29.8 Å². The molecule has 1 aromatic carbocycles. The lowest BCUT2D eigenvalue weighted by Gasteiger charge is -2.07. The number of benzene rings is 1. The minimum atomic E-state index is -0.560. The Morgan fingerprint density at radius 2 is 2.11 bits per heavy atom. The van der Waals surface area contributed by atoms with Crippen molar-refractivity contribution in [1.82, 2.24) is 9.97 Å². The van der Waals surface area contributed by atoms with Crippen molar-refractivity contribution in [1.29, 1.82) is 0 Å². The van der Waals surface area contributed by atoms with Gasteiger partial charge in [0.2, 0.25) is 5.88 Å². The lowest BCUT2D eigenvalue weighted by atomic mass is 10.2. The van der Waals surface area contributed by atoms with Crippen LogP contribution in [0.15, 0.2) is 36.7 Å². The number of methoxy groups -OCH3 is 1. The zero-order valence-corrected chi connectivity index (χ0v) is 10.9. The second kappa shape index (κ2) is 6.15. The molecular weight excluding hydrogens is 268 g/mol. The van der Waals surface area contributed by atoms with E-state index >= 15 is 0 Å². The van der Waals surface area contributed by atoms with Crippen LogP contribution in [0.4, 0.5) is 0 Å². The Morgan fingerprint density at radius 3 is 2.84 bits per heavy atom. The summed E-state index contributed by atoms with van der Waals surface area (Å²) in [5.74, 6) is -0.321. The number of hydrogen-bond donors (Lipinski definition) is 0. The first kappa shape index (κ1) is 13.3. The highest BCUT2D eigenvalue weighted by Crippen LogP contribution is 2.17. The molecule has 0 N–H and O–H groups in total. The number of carbonyl (C=O) groups excluding carboxylic acids is 1. The Bertz CT molecular complexity index is 590. The molecule has 0 aliphatic carbocycles. The standard InChI is InChI=1S/C13H11ClN2O3/c1-18-13(17)11-6-15-7-12(16-11)19-8-9-4-2-3-5-10(9)14/h2-7H,8H2,1H3. The molecule has 2 aromatic rings. The first-order valence-corrected chi connectivity index (χ1v) is 5.85. The van der Waals surface area contributed by atoms with E-state index in [1.165, 1.54) is 19.5 Å². The van der Waals surface area contributed by atoms with Crippen molar-refractivity contribution < 1.29 is 14.3 Å². The summed E-state index contributed by atoms with van der Waals surface area (Å²) in [5.41, 5.74) is 0.925. The average Bonchev–Trinajstić information content (AvgIpc) is 2.46. The first-order chi connectivity index (χ1) is 9.20. The highest BCUT2D eigenvalue weighted by molar-refractivity contribution is 6.31. The second-order valence-corrected chi connectivity index (χ2v) is 4.02. The molecule has 98 valence electrons. The van der Waals surface area contributed by atoms with Crippen LogP contribution in [-0.4, -0.2) is 23.0 Å². The van der Waals surface area contributed by atoms with E-state index in [9.17, 15) is 4.79 Å². The number of rotatable bonds is 4. The Kier molecular flexibility index (Phi) is 4.30. The molecule has 0 saturated heterocycles. The van der Waals surface area contributed by atoms with Gasteiger partial charge in [0.15, 0.2) is 5.69 Å². The molecule has 0 saturated carbocycles. The number of nitrogens with zero attached hydrogens (tertiary/aromatic N) is 2. The van der Waals surface area contributed by atoms with Crippen LogP contribution < -0.4 is 4.74 Å². The van der Waals surface area contributed by atoms with Gasteiger partial charge in [0, 0.05) is 10.6 Å². The number of carbonyl (C=O) groups is 1. The molecule has 19 heavy (non-hydrogen) atoms. The topological polar surface area (TPSA) is 61.3 Å². The van der Waals surface area contributed by atoms with E-state index in [0.29, 0.717) is 5.02 Å². The van der Waals surface area contributed by atoms with Crippen molar-refractivity contribution >= 4 is 17.6 Å². The smallest absolute Gasteiger partial charge is 0.358 e. The monoisotopic (exact) mass is 278 g/mol. The predicted molar refractivity (Wildman–Crippen MR) is 69.2 cm³/mol. The predicted octanol–water partition coefficient (Wildman–Crippen LogP) is 2.50. The van der Waals surface area contributed by atoms with Gasteiger partial charge in [0.1, 0.15) is 6.61 Å². The zero-order chi connectivity index (χ0) is 13.7. The molecule has 0 bridgehead atoms. The van der Waals surface area contributed by atoms with Crippen LogP contribution in [0.25, 0.3) is 0 Å². The fourth-order valence-electron chi connectivity index (χ4n) is 1.39. The summed E-state index contributed by atoms with van der Waals surface area (Å²) in [4.78, 5) is 19.1. The molecule has 0 aliphatic rings. The third kappa shape index (κ3) is 3.42. The fourth-order valence-corrected chi connectivity index (χ4v) is 1.58. The summed E-state index contributed by atoms with van der Waals surface area (Å²) in [6.45, 7) is 0.249. The van der Waals surface area contributed by atoms with Crippen LogP contribution in [0, 0.1) is 0 Å². The van der Waals surface area contributed by atoms with Crippen molar-refractivity contribution in [3.63, 3.8) is 0 Å². The molecule has 0 aliphatic heterocycles. The maximum Gasteiger partial charge on any atom is 0.358 e. The number of aromatic nitrogens is 2. The molecule has 6 heteroatoms. The normalized spacial score (nSPS) is 10.0. The van der Waals surface area contributed by atoms with Crippen LogP contribution in [0.2, 0.25) is 5.02 Å². The van der Waals surface area contributed by atoms with E-state index in [1.54, 1.807) is 6.07 Å². The van der Waals surface area contributed by atoms with Gasteiger partial charge in [0.25, 0.3) is 0 Å². The van der Waals surface area contributed by atoms with Crippen molar-refractivity contribution in [2.75, 3.05) is 7.11 Å². The largest absolute Gasteiger partial charge is 0.472 e. The molecule has 0 spiro atoms.